The number of fused-ring (bicyclic) bond motifs is 17. The van der Waals surface area contributed by atoms with E-state index in [4.69, 9.17) is 4.42 Å². The van der Waals surface area contributed by atoms with Crippen LogP contribution < -0.4 is 4.90 Å². The van der Waals surface area contributed by atoms with E-state index < -0.39 is 0 Å². The van der Waals surface area contributed by atoms with Crippen LogP contribution in [0.15, 0.2) is 387 Å². The normalized spacial score (nSPS) is 11.9. The highest BCUT2D eigenvalue weighted by molar-refractivity contribution is 6.14. The molecule has 1 aliphatic rings. The molecule has 5 aromatic heterocycles. The van der Waals surface area contributed by atoms with Gasteiger partial charge >= 0.3 is 0 Å². The number of furan rings is 1. The van der Waals surface area contributed by atoms with Gasteiger partial charge in [-0.2, -0.15) is 0 Å². The van der Waals surface area contributed by atoms with Crippen LogP contribution in [0.25, 0.3) is 144 Å². The van der Waals surface area contributed by atoms with Gasteiger partial charge in [-0.3, -0.25) is 0 Å². The summed E-state index contributed by atoms with van der Waals surface area (Å²) in [6, 6.07) is 136. The molecule has 123 heavy (non-hydrogen) atoms. The van der Waals surface area contributed by atoms with E-state index in [0.717, 1.165) is 11.2 Å². The maximum absolute atomic E-state index is 5.84. The molecule has 0 aliphatic carbocycles. The SMILES string of the molecule is CC(C)(C)N1c2ccccc2C=Cc2ccccc21.CC(C)c1ccc2c(c1)c1ccccc1n2-c1ccccc1.CC(C)c1ccc2c3ccccc3n(-c3ccccc3)c2c1.CC(C)c1cccc2c1c1ccccc1n2-c1ccccc1.CC(C)c1cccc2c3ccccc3n(-c3ccccc3)c12.CC(C)c1cccc2oc3ccccc3c12. The highest BCUT2D eigenvalue weighted by atomic mass is 16.3. The summed E-state index contributed by atoms with van der Waals surface area (Å²) in [4.78, 5) is 2.43. The van der Waals surface area contributed by atoms with Gasteiger partial charge < -0.3 is 27.6 Å². The molecule has 608 valence electrons. The van der Waals surface area contributed by atoms with Crippen LogP contribution in [0.1, 0.15) is 159 Å². The van der Waals surface area contributed by atoms with Crippen molar-refractivity contribution < 1.29 is 4.42 Å². The summed E-state index contributed by atoms with van der Waals surface area (Å²) < 4.78 is 15.3. The summed E-state index contributed by atoms with van der Waals surface area (Å²) in [7, 11) is 0. The molecular formula is C117H109N5O. The molecule has 6 nitrogen and oxygen atoms in total. The average molecular weight is 1600 g/mol. The third-order valence-electron chi connectivity index (χ3n) is 24.0. The fraction of sp³-hybridized carbons (Fsp3) is 0.162. The summed E-state index contributed by atoms with van der Waals surface area (Å²) in [6.07, 6.45) is 4.42. The van der Waals surface area contributed by atoms with E-state index in [2.05, 4.69) is 489 Å². The van der Waals surface area contributed by atoms with E-state index in [0.29, 0.717) is 29.6 Å². The Labute approximate surface area is 724 Å². The lowest BCUT2D eigenvalue weighted by atomic mass is 9.97. The average Bonchev–Trinajstić information content (AvgIpc) is 1.59. The fourth-order valence-corrected chi connectivity index (χ4v) is 18.1. The van der Waals surface area contributed by atoms with Gasteiger partial charge in [-0.1, -0.05) is 342 Å². The van der Waals surface area contributed by atoms with Gasteiger partial charge in [0.2, 0.25) is 0 Å². The molecule has 21 aromatic rings. The first kappa shape index (κ1) is 81.4. The summed E-state index contributed by atoms with van der Waals surface area (Å²) in [5.41, 5.74) is 29.2. The molecule has 0 unspecified atom stereocenters. The zero-order valence-electron chi connectivity index (χ0n) is 73.1. The molecule has 6 heteroatoms. The molecular weight excluding hydrogens is 1490 g/mol. The van der Waals surface area contributed by atoms with E-state index in [1.165, 1.54) is 171 Å². The Balaban J connectivity index is 0.000000105. The van der Waals surface area contributed by atoms with E-state index >= 15 is 0 Å². The number of anilines is 2. The standard InChI is InChI=1S/4C21H19N.C18H19N.C15H14O/c1-15(2)17-12-8-13-19-18-11-6-7-14-20(18)22(21(17)19)16-9-4-3-5-10-16;1-15(2)17-12-8-14-20-21(17)18-11-6-7-13-19(18)22(20)16-9-4-3-5-10-16;1-15(2)16-12-13-21-19(14-16)18-10-6-7-11-20(18)22(21)17-8-4-3-5-9-17;1-15(2)16-12-13-19-18-10-6-7-11-20(18)22(21(19)14-16)17-8-4-3-5-9-17;1-18(2,3)19-16-10-6-4-8-14(16)12-13-15-9-5-7-11-17(15)19;1-10(2)11-7-5-9-14-15(11)12-6-3-4-8-13(12)16-14/h4*3-15H,1-2H3;4-13H,1-3H3;3-10H,1-2H3. The molecule has 0 atom stereocenters. The molecule has 16 aromatic carbocycles. The first-order valence-electron chi connectivity index (χ1n) is 43.8. The van der Waals surface area contributed by atoms with Crippen LogP contribution in [-0.2, 0) is 0 Å². The molecule has 0 saturated carbocycles. The van der Waals surface area contributed by atoms with Crippen molar-refractivity contribution >= 4 is 133 Å². The minimum Gasteiger partial charge on any atom is -0.456 e. The highest BCUT2D eigenvalue weighted by Gasteiger charge is 2.28. The van der Waals surface area contributed by atoms with E-state index in [1.54, 1.807) is 0 Å². The number of hydrogen-bond donors (Lipinski definition) is 0. The Morgan fingerprint density at radius 1 is 0.228 bits per heavy atom. The van der Waals surface area contributed by atoms with Crippen molar-refractivity contribution in [1.82, 2.24) is 18.3 Å². The van der Waals surface area contributed by atoms with Crippen molar-refractivity contribution in [3.63, 3.8) is 0 Å². The lowest BCUT2D eigenvalue weighted by Crippen LogP contribution is -2.38. The zero-order valence-corrected chi connectivity index (χ0v) is 73.1. The predicted octanol–water partition coefficient (Wildman–Crippen LogP) is 33.4. The third-order valence-corrected chi connectivity index (χ3v) is 24.0. The monoisotopic (exact) mass is 1600 g/mol. The second-order valence-electron chi connectivity index (χ2n) is 34.8. The minimum atomic E-state index is 0.0399. The van der Waals surface area contributed by atoms with Crippen LogP contribution in [0.2, 0.25) is 0 Å². The van der Waals surface area contributed by atoms with Gasteiger partial charge in [-0.05, 0) is 211 Å². The topological polar surface area (TPSA) is 36.1 Å². The number of aromatic nitrogens is 4. The van der Waals surface area contributed by atoms with Gasteiger partial charge in [-0.25, -0.2) is 0 Å². The Morgan fingerprint density at radius 3 is 1.09 bits per heavy atom. The van der Waals surface area contributed by atoms with Gasteiger partial charge in [0, 0.05) is 93.5 Å². The van der Waals surface area contributed by atoms with E-state index in [1.807, 2.05) is 18.2 Å². The van der Waals surface area contributed by atoms with E-state index in [9.17, 15) is 0 Å². The summed E-state index contributed by atoms with van der Waals surface area (Å²) in [6.45, 7) is 29.3. The molecule has 0 N–H and O–H groups in total. The van der Waals surface area contributed by atoms with Crippen LogP contribution in [0.5, 0.6) is 0 Å². The van der Waals surface area contributed by atoms with Crippen LogP contribution in [0.4, 0.5) is 11.4 Å². The van der Waals surface area contributed by atoms with Gasteiger partial charge in [0.15, 0.2) is 0 Å². The van der Waals surface area contributed by atoms with E-state index in [-0.39, 0.29) is 5.54 Å². The largest absolute Gasteiger partial charge is 0.456 e. The lowest BCUT2D eigenvalue weighted by molar-refractivity contribution is 0.560. The molecule has 6 heterocycles. The van der Waals surface area contributed by atoms with Crippen molar-refractivity contribution in [2.45, 2.75) is 125 Å². The van der Waals surface area contributed by atoms with Crippen LogP contribution in [0, 0.1) is 0 Å². The van der Waals surface area contributed by atoms with Gasteiger partial charge in [0.1, 0.15) is 11.2 Å². The molecule has 22 rings (SSSR count). The molecule has 1 aliphatic heterocycles. The summed E-state index contributed by atoms with van der Waals surface area (Å²) >= 11 is 0. The predicted molar refractivity (Wildman–Crippen MR) is 531 cm³/mol. The Morgan fingerprint density at radius 2 is 0.569 bits per heavy atom. The first-order valence-corrected chi connectivity index (χ1v) is 43.8. The smallest absolute Gasteiger partial charge is 0.135 e. The Kier molecular flexibility index (Phi) is 23.4. The Bertz CT molecular complexity index is 7200. The second kappa shape index (κ2) is 35.4. The van der Waals surface area contributed by atoms with Gasteiger partial charge in [0.25, 0.3) is 0 Å². The molecule has 0 fully saturated rings. The van der Waals surface area contributed by atoms with Crippen molar-refractivity contribution in [2.75, 3.05) is 4.90 Å². The Hall–Kier alpha value is -13.9. The van der Waals surface area contributed by atoms with Crippen LogP contribution in [-0.4, -0.2) is 23.8 Å². The van der Waals surface area contributed by atoms with Crippen molar-refractivity contribution in [3.05, 3.63) is 421 Å². The van der Waals surface area contributed by atoms with Crippen LogP contribution >= 0.6 is 0 Å². The number of hydrogen-bond acceptors (Lipinski definition) is 2. The van der Waals surface area contributed by atoms with Crippen LogP contribution in [0.3, 0.4) is 0 Å². The lowest BCUT2D eigenvalue weighted by Gasteiger charge is -2.38. The summed E-state index contributed by atoms with van der Waals surface area (Å²) in [5.74, 6) is 2.61. The number of para-hydroxylation sites is 12. The fourth-order valence-electron chi connectivity index (χ4n) is 18.1. The molecule has 0 saturated heterocycles. The second-order valence-corrected chi connectivity index (χ2v) is 34.8. The minimum absolute atomic E-state index is 0.0399. The molecule has 0 spiro atoms. The quantitative estimate of drug-likeness (QED) is 0.144. The van der Waals surface area contributed by atoms with Crippen molar-refractivity contribution in [1.29, 1.82) is 0 Å². The highest BCUT2D eigenvalue weighted by Crippen LogP contribution is 2.44. The maximum Gasteiger partial charge on any atom is 0.135 e. The molecule has 0 bridgehead atoms. The maximum atomic E-state index is 5.84. The van der Waals surface area contributed by atoms with Gasteiger partial charge in [-0.15, -0.1) is 0 Å². The number of benzene rings is 16. The molecule has 0 radical (unpaired) electrons. The van der Waals surface area contributed by atoms with Gasteiger partial charge in [0.05, 0.1) is 44.1 Å². The third kappa shape index (κ3) is 16.2. The van der Waals surface area contributed by atoms with Crippen molar-refractivity contribution in [2.24, 2.45) is 0 Å². The van der Waals surface area contributed by atoms with Crippen molar-refractivity contribution in [3.8, 4) is 22.7 Å². The zero-order chi connectivity index (χ0) is 85.0. The summed E-state index contributed by atoms with van der Waals surface area (Å²) in [5, 5.41) is 13.2. The number of rotatable bonds is 9. The molecule has 0 amide bonds. The number of nitrogens with zero attached hydrogens (tertiary/aromatic N) is 5. The first-order chi connectivity index (χ1) is 59.9.